The summed E-state index contributed by atoms with van der Waals surface area (Å²) in [6, 6.07) is 12.2. The molecule has 1 fully saturated rings. The minimum atomic E-state index is -0.401. The van der Waals surface area contributed by atoms with Gasteiger partial charge in [0.2, 0.25) is 0 Å². The number of carbonyl (C=O) groups excluding carboxylic acids is 2. The highest BCUT2D eigenvalue weighted by Crippen LogP contribution is 2.37. The van der Waals surface area contributed by atoms with E-state index in [4.69, 9.17) is 26.4 Å². The number of amides is 1. The monoisotopic (exact) mass is 499 g/mol. The van der Waals surface area contributed by atoms with Gasteiger partial charge in [-0.25, -0.2) is 4.79 Å². The third-order valence-corrected chi connectivity index (χ3v) is 6.47. The molecule has 2 aromatic carbocycles. The van der Waals surface area contributed by atoms with Gasteiger partial charge in [-0.05, 0) is 61.4 Å². The van der Waals surface area contributed by atoms with Crippen LogP contribution in [0.25, 0.3) is 6.08 Å². The van der Waals surface area contributed by atoms with Crippen LogP contribution in [0.15, 0.2) is 47.4 Å². The lowest BCUT2D eigenvalue weighted by Gasteiger charge is -2.14. The molecule has 34 heavy (non-hydrogen) atoms. The third kappa shape index (κ3) is 6.39. The maximum Gasteiger partial charge on any atom is 0.338 e. The van der Waals surface area contributed by atoms with Gasteiger partial charge in [-0.1, -0.05) is 56.2 Å². The highest BCUT2D eigenvalue weighted by molar-refractivity contribution is 8.27. The van der Waals surface area contributed by atoms with E-state index in [2.05, 4.69) is 6.92 Å². The van der Waals surface area contributed by atoms with Crippen LogP contribution in [0.4, 0.5) is 5.69 Å². The molecular formula is C26H29NO5S2. The average Bonchev–Trinajstić information content (AvgIpc) is 3.12. The molecule has 1 heterocycles. The van der Waals surface area contributed by atoms with Gasteiger partial charge in [0.15, 0.2) is 15.8 Å². The van der Waals surface area contributed by atoms with Crippen molar-refractivity contribution in [2.75, 3.05) is 25.2 Å². The second-order valence-electron chi connectivity index (χ2n) is 7.60. The fourth-order valence-electron chi connectivity index (χ4n) is 3.41. The van der Waals surface area contributed by atoms with E-state index in [1.807, 2.05) is 18.2 Å². The summed E-state index contributed by atoms with van der Waals surface area (Å²) in [5, 5.41) is 0. The molecule has 6 nitrogen and oxygen atoms in total. The lowest BCUT2D eigenvalue weighted by atomic mass is 10.1. The van der Waals surface area contributed by atoms with E-state index in [0.29, 0.717) is 45.2 Å². The Balaban J connectivity index is 1.72. The summed E-state index contributed by atoms with van der Waals surface area (Å²) >= 11 is 6.69. The van der Waals surface area contributed by atoms with Crippen LogP contribution >= 0.6 is 24.0 Å². The summed E-state index contributed by atoms with van der Waals surface area (Å²) in [5.41, 5.74) is 1.84. The number of rotatable bonds is 11. The second-order valence-corrected chi connectivity index (χ2v) is 9.28. The maximum absolute atomic E-state index is 13.1. The number of thioether (sulfide) groups is 1. The maximum atomic E-state index is 13.1. The third-order valence-electron chi connectivity index (χ3n) is 5.17. The van der Waals surface area contributed by atoms with Crippen molar-refractivity contribution in [1.82, 2.24) is 0 Å². The molecular weight excluding hydrogens is 470 g/mol. The van der Waals surface area contributed by atoms with E-state index >= 15 is 0 Å². The van der Waals surface area contributed by atoms with Crippen molar-refractivity contribution in [1.29, 1.82) is 0 Å². The average molecular weight is 500 g/mol. The van der Waals surface area contributed by atoms with Crippen LogP contribution in [0, 0.1) is 0 Å². The lowest BCUT2D eigenvalue weighted by molar-refractivity contribution is -0.113. The first-order valence-electron chi connectivity index (χ1n) is 11.3. The molecule has 1 aliphatic heterocycles. The molecule has 2 aromatic rings. The predicted molar refractivity (Wildman–Crippen MR) is 141 cm³/mol. The first kappa shape index (κ1) is 25.8. The Kier molecular flexibility index (Phi) is 9.53. The van der Waals surface area contributed by atoms with Gasteiger partial charge < -0.3 is 14.2 Å². The summed E-state index contributed by atoms with van der Waals surface area (Å²) in [4.78, 5) is 26.9. The number of thiocarbonyl (C=S) groups is 1. The van der Waals surface area contributed by atoms with E-state index < -0.39 is 5.97 Å². The quantitative estimate of drug-likeness (QED) is 0.157. The van der Waals surface area contributed by atoms with E-state index in [9.17, 15) is 9.59 Å². The van der Waals surface area contributed by atoms with Gasteiger partial charge in [-0.3, -0.25) is 9.69 Å². The van der Waals surface area contributed by atoms with Crippen LogP contribution in [0.1, 0.15) is 55.5 Å². The summed E-state index contributed by atoms with van der Waals surface area (Å²) in [7, 11) is 1.60. The molecule has 0 unspecified atom stereocenters. The van der Waals surface area contributed by atoms with Crippen molar-refractivity contribution in [3.8, 4) is 11.5 Å². The van der Waals surface area contributed by atoms with Gasteiger partial charge in [0, 0.05) is 0 Å². The fraction of sp³-hybridized carbons (Fsp3) is 0.346. The Morgan fingerprint density at radius 3 is 2.50 bits per heavy atom. The zero-order valence-corrected chi connectivity index (χ0v) is 21.3. The van der Waals surface area contributed by atoms with Crippen LogP contribution in [0.5, 0.6) is 11.5 Å². The van der Waals surface area contributed by atoms with Gasteiger partial charge >= 0.3 is 5.97 Å². The molecule has 1 saturated heterocycles. The molecule has 0 bridgehead atoms. The predicted octanol–water partition coefficient (Wildman–Crippen LogP) is 6.24. The minimum Gasteiger partial charge on any atom is -0.493 e. The molecule has 0 spiro atoms. The van der Waals surface area contributed by atoms with Crippen molar-refractivity contribution in [2.45, 2.75) is 39.5 Å². The Hall–Kier alpha value is -2.84. The van der Waals surface area contributed by atoms with Crippen molar-refractivity contribution < 1.29 is 23.8 Å². The number of carbonyl (C=O) groups is 2. The fourth-order valence-corrected chi connectivity index (χ4v) is 4.71. The normalized spacial score (nSPS) is 14.6. The van der Waals surface area contributed by atoms with Crippen LogP contribution < -0.4 is 14.4 Å². The van der Waals surface area contributed by atoms with Crippen molar-refractivity contribution in [3.63, 3.8) is 0 Å². The van der Waals surface area contributed by atoms with E-state index in [-0.39, 0.29) is 5.91 Å². The van der Waals surface area contributed by atoms with Crippen LogP contribution in [-0.4, -0.2) is 36.5 Å². The number of unbranched alkanes of at least 4 members (excludes halogenated alkanes) is 3. The SMILES string of the molecule is CCCCCCOc1ccc(/C=C2\SC(=S)N(c3ccc(C(=O)OCC)cc3)C2=O)cc1OC. The zero-order valence-electron chi connectivity index (χ0n) is 19.7. The highest BCUT2D eigenvalue weighted by atomic mass is 32.2. The number of nitrogens with zero attached hydrogens (tertiary/aromatic N) is 1. The molecule has 3 rings (SSSR count). The topological polar surface area (TPSA) is 65.1 Å². The van der Waals surface area contributed by atoms with Crippen molar-refractivity contribution >= 4 is 51.9 Å². The van der Waals surface area contributed by atoms with E-state index in [1.54, 1.807) is 44.4 Å². The van der Waals surface area contributed by atoms with Gasteiger partial charge in [0.1, 0.15) is 0 Å². The van der Waals surface area contributed by atoms with E-state index in [1.165, 1.54) is 29.5 Å². The second kappa shape index (κ2) is 12.6. The molecule has 0 atom stereocenters. The number of benzene rings is 2. The number of hydrogen-bond donors (Lipinski definition) is 0. The summed E-state index contributed by atoms with van der Waals surface area (Å²) < 4.78 is 16.8. The Morgan fingerprint density at radius 2 is 1.82 bits per heavy atom. The van der Waals surface area contributed by atoms with Crippen molar-refractivity contribution in [3.05, 3.63) is 58.5 Å². The molecule has 1 aliphatic rings. The standard InChI is InChI=1S/C26H29NO5S2/c1-4-6-7-8-15-32-21-14-9-18(16-22(21)30-3)17-23-24(28)27(26(33)34-23)20-12-10-19(11-13-20)25(29)31-5-2/h9-14,16-17H,4-8,15H2,1-3H3/b23-17-. The number of ether oxygens (including phenoxy) is 3. The lowest BCUT2D eigenvalue weighted by Crippen LogP contribution is -2.27. The van der Waals surface area contributed by atoms with Gasteiger partial charge in [-0.15, -0.1) is 0 Å². The first-order chi connectivity index (χ1) is 16.5. The van der Waals surface area contributed by atoms with Gasteiger partial charge in [0.25, 0.3) is 5.91 Å². The van der Waals surface area contributed by atoms with Crippen LogP contribution in [0.3, 0.4) is 0 Å². The van der Waals surface area contributed by atoms with Gasteiger partial charge in [0.05, 0.1) is 36.5 Å². The van der Waals surface area contributed by atoms with Gasteiger partial charge in [-0.2, -0.15) is 0 Å². The number of methoxy groups -OCH3 is 1. The van der Waals surface area contributed by atoms with Crippen LogP contribution in [0.2, 0.25) is 0 Å². The molecule has 0 N–H and O–H groups in total. The van der Waals surface area contributed by atoms with Crippen LogP contribution in [-0.2, 0) is 9.53 Å². The van der Waals surface area contributed by atoms with Crippen molar-refractivity contribution in [2.24, 2.45) is 0 Å². The molecule has 0 aromatic heterocycles. The summed E-state index contributed by atoms with van der Waals surface area (Å²) in [6.45, 7) is 4.88. The summed E-state index contributed by atoms with van der Waals surface area (Å²) in [6.07, 6.45) is 6.32. The molecule has 8 heteroatoms. The van der Waals surface area contributed by atoms with E-state index in [0.717, 1.165) is 18.4 Å². The molecule has 0 radical (unpaired) electrons. The first-order valence-corrected chi connectivity index (χ1v) is 12.6. The molecule has 180 valence electrons. The smallest absolute Gasteiger partial charge is 0.338 e. The Bertz CT molecular complexity index is 1070. The zero-order chi connectivity index (χ0) is 24.5. The number of esters is 1. The minimum absolute atomic E-state index is 0.214. The summed E-state index contributed by atoms with van der Waals surface area (Å²) in [5.74, 6) is 0.690. The molecule has 1 amide bonds. The Labute approximate surface area is 210 Å². The highest BCUT2D eigenvalue weighted by Gasteiger charge is 2.33. The largest absolute Gasteiger partial charge is 0.493 e. The number of hydrogen-bond acceptors (Lipinski definition) is 7. The Morgan fingerprint density at radius 1 is 1.06 bits per heavy atom. The number of anilines is 1. The molecule has 0 aliphatic carbocycles. The molecule has 0 saturated carbocycles.